The fraction of sp³-hybridized carbons (Fsp3) is 0.727. The minimum Gasteiger partial charge on any atom is -0.390 e. The van der Waals surface area contributed by atoms with E-state index in [0.29, 0.717) is 36.1 Å². The van der Waals surface area contributed by atoms with Crippen LogP contribution in [0.5, 0.6) is 0 Å². The summed E-state index contributed by atoms with van der Waals surface area (Å²) < 4.78 is 2.03. The quantitative estimate of drug-likeness (QED) is 0.446. The molecule has 1 aromatic carbocycles. The largest absolute Gasteiger partial charge is 0.390 e. The maximum Gasteiger partial charge on any atom is 0.240 e. The highest BCUT2D eigenvalue weighted by Gasteiger charge is 2.55. The number of hydrogen-bond acceptors (Lipinski definition) is 5. The van der Waals surface area contributed by atoms with E-state index in [1.165, 1.54) is 44.9 Å². The molecule has 41 heavy (non-hydrogen) atoms. The Balaban J connectivity index is 1.09. The molecule has 8 rings (SSSR count). The maximum atomic E-state index is 14.4. The van der Waals surface area contributed by atoms with Crippen LogP contribution in [-0.2, 0) is 17.8 Å². The Morgan fingerprint density at radius 1 is 1.05 bits per heavy atom. The number of carbonyl (C=O) groups is 1. The predicted octanol–water partition coefficient (Wildman–Crippen LogP) is 5.26. The van der Waals surface area contributed by atoms with Gasteiger partial charge in [-0.05, 0) is 111 Å². The van der Waals surface area contributed by atoms with Crippen LogP contribution in [0.3, 0.4) is 0 Å². The van der Waals surface area contributed by atoms with Gasteiger partial charge in [-0.3, -0.25) is 9.48 Å². The van der Waals surface area contributed by atoms with E-state index in [2.05, 4.69) is 32.4 Å². The predicted molar refractivity (Wildman–Crippen MR) is 159 cm³/mol. The third kappa shape index (κ3) is 5.71. The number of aliphatic hydroxyl groups is 1. The van der Waals surface area contributed by atoms with Crippen LogP contribution in [0.15, 0.2) is 36.9 Å². The van der Waals surface area contributed by atoms with Crippen molar-refractivity contribution in [3.8, 4) is 0 Å². The summed E-state index contributed by atoms with van der Waals surface area (Å²) in [6.45, 7) is 2.52. The van der Waals surface area contributed by atoms with Crippen LogP contribution in [0.25, 0.3) is 0 Å². The number of nitrogens with one attached hydrogen (secondary N) is 1. The lowest BCUT2D eigenvalue weighted by molar-refractivity contribution is -0.146. The molecule has 2 N–H and O–H groups in total. The van der Waals surface area contributed by atoms with Crippen LogP contribution in [0.4, 0.5) is 0 Å². The van der Waals surface area contributed by atoms with Crippen molar-refractivity contribution in [1.82, 2.24) is 25.0 Å². The van der Waals surface area contributed by atoms with Gasteiger partial charge in [0.1, 0.15) is 12.7 Å². The van der Waals surface area contributed by atoms with Crippen LogP contribution >= 0.6 is 11.6 Å². The second-order valence-electron chi connectivity index (χ2n) is 14.4. The van der Waals surface area contributed by atoms with Crippen LogP contribution in [0.2, 0.25) is 5.02 Å². The number of likely N-dealkylation sites (tertiary alicyclic amines) is 1. The highest BCUT2D eigenvalue weighted by molar-refractivity contribution is 6.30. The number of rotatable bonds is 8. The lowest BCUT2D eigenvalue weighted by atomic mass is 9.52. The van der Waals surface area contributed by atoms with E-state index in [0.717, 1.165) is 62.3 Å². The molecule has 0 spiro atoms. The summed E-state index contributed by atoms with van der Waals surface area (Å²) in [5.41, 5.74) is 0.854. The van der Waals surface area contributed by atoms with Gasteiger partial charge in [0.2, 0.25) is 5.91 Å². The molecule has 2 heterocycles. The van der Waals surface area contributed by atoms with E-state index in [1.807, 2.05) is 23.1 Å². The van der Waals surface area contributed by atoms with Crippen molar-refractivity contribution in [1.29, 1.82) is 0 Å². The third-order valence-corrected chi connectivity index (χ3v) is 12.0. The number of aromatic nitrogens is 3. The summed E-state index contributed by atoms with van der Waals surface area (Å²) in [5.74, 6) is 2.52. The molecule has 6 fully saturated rings. The van der Waals surface area contributed by atoms with Gasteiger partial charge < -0.3 is 15.3 Å². The number of hydrogen-bond donors (Lipinski definition) is 2. The molecule has 2 unspecified atom stereocenters. The Labute approximate surface area is 249 Å². The maximum absolute atomic E-state index is 14.4. The Bertz CT molecular complexity index is 1170. The van der Waals surface area contributed by atoms with Crippen LogP contribution in [-0.4, -0.2) is 61.5 Å². The first kappa shape index (κ1) is 27.8. The molecule has 222 valence electrons. The summed E-state index contributed by atoms with van der Waals surface area (Å²) in [5, 5.41) is 20.3. The first-order valence-electron chi connectivity index (χ1n) is 16.2. The molecule has 1 aromatic heterocycles. The molecule has 5 saturated carbocycles. The van der Waals surface area contributed by atoms with Crippen molar-refractivity contribution in [2.24, 2.45) is 29.1 Å². The van der Waals surface area contributed by atoms with E-state index in [1.54, 1.807) is 6.33 Å². The van der Waals surface area contributed by atoms with Crippen molar-refractivity contribution in [3.63, 3.8) is 0 Å². The molecule has 4 bridgehead atoms. The molecule has 1 amide bonds. The van der Waals surface area contributed by atoms with Gasteiger partial charge in [-0.15, -0.1) is 0 Å². The summed E-state index contributed by atoms with van der Waals surface area (Å²) in [4.78, 5) is 20.7. The minimum absolute atomic E-state index is 0.181. The smallest absolute Gasteiger partial charge is 0.240 e. The molecule has 5 aliphatic carbocycles. The van der Waals surface area contributed by atoms with Gasteiger partial charge in [-0.1, -0.05) is 43.0 Å². The second kappa shape index (κ2) is 11.3. The Morgan fingerprint density at radius 2 is 1.76 bits per heavy atom. The molecule has 0 radical (unpaired) electrons. The van der Waals surface area contributed by atoms with E-state index in [4.69, 9.17) is 11.6 Å². The van der Waals surface area contributed by atoms with Crippen LogP contribution in [0, 0.1) is 29.1 Å². The van der Waals surface area contributed by atoms with Crippen LogP contribution in [0.1, 0.15) is 82.6 Å². The molecule has 8 heteroatoms. The number of piperidine rings is 1. The van der Waals surface area contributed by atoms with Gasteiger partial charge in [0.25, 0.3) is 0 Å². The second-order valence-corrected chi connectivity index (χ2v) is 14.8. The monoisotopic (exact) mass is 579 g/mol. The summed E-state index contributed by atoms with van der Waals surface area (Å²) in [7, 11) is 0. The molecule has 1 saturated heterocycles. The van der Waals surface area contributed by atoms with Crippen molar-refractivity contribution >= 4 is 17.5 Å². The van der Waals surface area contributed by atoms with Gasteiger partial charge in [0, 0.05) is 30.7 Å². The van der Waals surface area contributed by atoms with Crippen molar-refractivity contribution in [2.45, 2.75) is 108 Å². The zero-order chi connectivity index (χ0) is 28.0. The Morgan fingerprint density at radius 3 is 2.39 bits per heavy atom. The van der Waals surface area contributed by atoms with Gasteiger partial charge in [-0.2, -0.15) is 5.10 Å². The normalized spacial score (nSPS) is 33.7. The average Bonchev–Trinajstić information content (AvgIpc) is 3.48. The fourth-order valence-corrected chi connectivity index (χ4v) is 10.1. The number of amides is 1. The lowest BCUT2D eigenvalue weighted by Gasteiger charge is -2.58. The van der Waals surface area contributed by atoms with Gasteiger partial charge >= 0.3 is 0 Å². The molecular formula is C33H46ClN5O2. The summed E-state index contributed by atoms with van der Waals surface area (Å²) >= 11 is 6.20. The highest BCUT2D eigenvalue weighted by atomic mass is 35.5. The zero-order valence-corrected chi connectivity index (χ0v) is 25.0. The topological polar surface area (TPSA) is 83.3 Å². The van der Waals surface area contributed by atoms with E-state index >= 15 is 0 Å². The number of benzene rings is 1. The van der Waals surface area contributed by atoms with Gasteiger partial charge in [0.05, 0.1) is 11.6 Å². The van der Waals surface area contributed by atoms with Crippen LogP contribution < -0.4 is 5.32 Å². The van der Waals surface area contributed by atoms with E-state index < -0.39 is 5.60 Å². The number of carbonyl (C=O) groups excluding carboxylic acids is 1. The highest BCUT2D eigenvalue weighted by Crippen LogP contribution is 2.56. The standard InChI is InChI=1S/C33H46ClN5O2/c34-28-8-6-23(7-9-28)16-29(37-30-25-14-24-15-26(30)19-33(41,17-24)18-25)31(40)38-12-10-32(11-13-38,20-39-22-35-21-36-39)27-4-2-1-3-5-27/h6-9,21-22,24-27,29-30,37,41H,1-5,10-20H2/t24?,25?,26?,29-,30?,33?/m1/s1. The lowest BCUT2D eigenvalue weighted by Crippen LogP contribution is -2.64. The third-order valence-electron chi connectivity index (χ3n) is 11.8. The minimum atomic E-state index is -0.468. The SMILES string of the molecule is O=C([C@@H](Cc1ccc(Cl)cc1)NC1C2CC3CC1CC(O)(C3)C2)N1CCC(Cn2cncn2)(C2CCCCC2)CC1. The summed E-state index contributed by atoms with van der Waals surface area (Å²) in [6, 6.07) is 8.04. The number of nitrogens with zero attached hydrogens (tertiary/aromatic N) is 4. The first-order valence-corrected chi connectivity index (χ1v) is 16.6. The zero-order valence-electron chi connectivity index (χ0n) is 24.3. The molecule has 3 atom stereocenters. The molecule has 7 nitrogen and oxygen atoms in total. The summed E-state index contributed by atoms with van der Waals surface area (Å²) in [6.07, 6.45) is 17.9. The van der Waals surface area contributed by atoms with Crippen molar-refractivity contribution < 1.29 is 9.90 Å². The van der Waals surface area contributed by atoms with Gasteiger partial charge in [0.15, 0.2) is 0 Å². The van der Waals surface area contributed by atoms with Gasteiger partial charge in [-0.25, -0.2) is 4.98 Å². The molecule has 2 aromatic rings. The fourth-order valence-electron chi connectivity index (χ4n) is 10.00. The van der Waals surface area contributed by atoms with E-state index in [-0.39, 0.29) is 17.4 Å². The molecular weight excluding hydrogens is 534 g/mol. The Kier molecular flexibility index (Phi) is 7.66. The first-order chi connectivity index (χ1) is 19.9. The average molecular weight is 580 g/mol. The van der Waals surface area contributed by atoms with Crippen molar-refractivity contribution in [2.75, 3.05) is 13.1 Å². The Hall–Kier alpha value is -1.96. The number of halogens is 1. The molecule has 6 aliphatic rings. The van der Waals surface area contributed by atoms with Crippen molar-refractivity contribution in [3.05, 3.63) is 47.5 Å². The van der Waals surface area contributed by atoms with E-state index in [9.17, 15) is 9.90 Å². The molecule has 1 aliphatic heterocycles.